The van der Waals surface area contributed by atoms with Crippen molar-refractivity contribution in [2.24, 2.45) is 0 Å². The van der Waals surface area contributed by atoms with Crippen LogP contribution in [-0.4, -0.2) is 27.9 Å². The van der Waals surface area contributed by atoms with Crippen LogP contribution in [0.3, 0.4) is 0 Å². The molecule has 0 bridgehead atoms. The average molecular weight is 347 g/mol. The van der Waals surface area contributed by atoms with Crippen molar-refractivity contribution in [3.63, 3.8) is 0 Å². The van der Waals surface area contributed by atoms with E-state index < -0.39 is 10.0 Å². The summed E-state index contributed by atoms with van der Waals surface area (Å²) in [5.74, 6) is 0.650. The molecule has 2 aromatic rings. The van der Waals surface area contributed by atoms with Gasteiger partial charge in [0.25, 0.3) is 0 Å². The highest BCUT2D eigenvalue weighted by atomic mass is 32.2. The molecule has 0 unspecified atom stereocenters. The number of Topliss-reactive ketones (excluding diaryl/α,β-unsaturated/α-hetero) is 1. The van der Waals surface area contributed by atoms with E-state index in [1.54, 1.807) is 24.3 Å². The molecule has 0 heterocycles. The first-order valence-electron chi connectivity index (χ1n) is 7.66. The third kappa shape index (κ3) is 4.91. The molecule has 24 heavy (non-hydrogen) atoms. The molecule has 1 N–H and O–H groups in total. The van der Waals surface area contributed by atoms with E-state index >= 15 is 0 Å². The van der Waals surface area contributed by atoms with Crippen molar-refractivity contribution in [3.05, 3.63) is 59.7 Å². The Kier molecular flexibility index (Phi) is 6.11. The first-order chi connectivity index (χ1) is 11.4. The summed E-state index contributed by atoms with van der Waals surface area (Å²) < 4.78 is 32.0. The van der Waals surface area contributed by atoms with Crippen LogP contribution in [0.25, 0.3) is 0 Å². The van der Waals surface area contributed by atoms with Crippen molar-refractivity contribution in [3.8, 4) is 5.75 Å². The van der Waals surface area contributed by atoms with Gasteiger partial charge in [0.1, 0.15) is 5.75 Å². The molecule has 0 amide bonds. The van der Waals surface area contributed by atoms with Crippen molar-refractivity contribution in [1.82, 2.24) is 4.72 Å². The summed E-state index contributed by atoms with van der Waals surface area (Å²) in [6.07, 6.45) is 1.41. The second kappa shape index (κ2) is 8.08. The molecule has 0 atom stereocenters. The molecule has 0 aromatic heterocycles. The Labute approximate surface area is 142 Å². The summed E-state index contributed by atoms with van der Waals surface area (Å²) in [6, 6.07) is 13.6. The zero-order valence-electron chi connectivity index (χ0n) is 13.8. The van der Waals surface area contributed by atoms with Crippen LogP contribution in [0.4, 0.5) is 0 Å². The van der Waals surface area contributed by atoms with Gasteiger partial charge in [0, 0.05) is 12.1 Å². The standard InChI is InChI=1S/C18H21NO4S/c1-14(20)16-7-5-15(6-8-16)4-3-13-19-24(21,22)18-11-9-17(23-2)10-12-18/h5-12,19H,3-4,13H2,1-2H3. The number of methoxy groups -OCH3 is 1. The minimum atomic E-state index is -3.51. The molecular weight excluding hydrogens is 326 g/mol. The molecule has 0 saturated carbocycles. The fraction of sp³-hybridized carbons (Fsp3) is 0.278. The SMILES string of the molecule is COc1ccc(S(=O)(=O)NCCCc2ccc(C(C)=O)cc2)cc1. The minimum Gasteiger partial charge on any atom is -0.497 e. The summed E-state index contributed by atoms with van der Waals surface area (Å²) in [4.78, 5) is 11.4. The Bertz CT molecular complexity index is 781. The number of benzene rings is 2. The van der Waals surface area contributed by atoms with Crippen LogP contribution in [0.1, 0.15) is 29.3 Å². The van der Waals surface area contributed by atoms with Crippen LogP contribution in [0.15, 0.2) is 53.4 Å². The zero-order valence-corrected chi connectivity index (χ0v) is 14.6. The van der Waals surface area contributed by atoms with Crippen LogP contribution in [0.2, 0.25) is 0 Å². The van der Waals surface area contributed by atoms with Gasteiger partial charge in [0.05, 0.1) is 12.0 Å². The van der Waals surface area contributed by atoms with Gasteiger partial charge < -0.3 is 4.74 Å². The lowest BCUT2D eigenvalue weighted by Gasteiger charge is -2.08. The lowest BCUT2D eigenvalue weighted by atomic mass is 10.1. The van der Waals surface area contributed by atoms with E-state index in [-0.39, 0.29) is 10.7 Å². The second-order valence-electron chi connectivity index (χ2n) is 5.43. The molecule has 0 spiro atoms. The maximum atomic E-state index is 12.2. The summed E-state index contributed by atoms with van der Waals surface area (Å²) in [6.45, 7) is 1.88. The number of hydrogen-bond acceptors (Lipinski definition) is 4. The van der Waals surface area contributed by atoms with E-state index in [2.05, 4.69) is 4.72 Å². The molecule has 5 nitrogen and oxygen atoms in total. The summed E-state index contributed by atoms with van der Waals surface area (Å²) in [5, 5.41) is 0. The molecule has 0 fully saturated rings. The summed E-state index contributed by atoms with van der Waals surface area (Å²) >= 11 is 0. The topological polar surface area (TPSA) is 72.5 Å². The monoisotopic (exact) mass is 347 g/mol. The fourth-order valence-corrected chi connectivity index (χ4v) is 3.32. The molecule has 0 aliphatic heterocycles. The van der Waals surface area contributed by atoms with Gasteiger partial charge in [-0.1, -0.05) is 24.3 Å². The van der Waals surface area contributed by atoms with Crippen LogP contribution < -0.4 is 9.46 Å². The highest BCUT2D eigenvalue weighted by Crippen LogP contribution is 2.15. The Hall–Kier alpha value is -2.18. The zero-order chi connectivity index (χ0) is 17.6. The van der Waals surface area contributed by atoms with E-state index in [1.807, 2.05) is 12.1 Å². The number of ether oxygens (including phenoxy) is 1. The normalized spacial score (nSPS) is 11.2. The van der Waals surface area contributed by atoms with E-state index in [1.165, 1.54) is 26.2 Å². The average Bonchev–Trinajstić information content (AvgIpc) is 2.59. The largest absolute Gasteiger partial charge is 0.497 e. The van der Waals surface area contributed by atoms with Crippen molar-refractivity contribution < 1.29 is 17.9 Å². The first kappa shape index (κ1) is 18.2. The molecule has 2 aromatic carbocycles. The number of carbonyl (C=O) groups is 1. The van der Waals surface area contributed by atoms with Crippen LogP contribution >= 0.6 is 0 Å². The molecule has 6 heteroatoms. The van der Waals surface area contributed by atoms with Gasteiger partial charge in [-0.05, 0) is 49.6 Å². The van der Waals surface area contributed by atoms with Gasteiger partial charge in [-0.15, -0.1) is 0 Å². The Morgan fingerprint density at radius 1 is 1.04 bits per heavy atom. The summed E-state index contributed by atoms with van der Waals surface area (Å²) in [7, 11) is -1.98. The first-order valence-corrected chi connectivity index (χ1v) is 9.14. The van der Waals surface area contributed by atoms with Crippen molar-refractivity contribution in [2.45, 2.75) is 24.7 Å². The molecule has 0 saturated heterocycles. The number of nitrogens with one attached hydrogen (secondary N) is 1. The number of hydrogen-bond donors (Lipinski definition) is 1. The lowest BCUT2D eigenvalue weighted by Crippen LogP contribution is -2.25. The third-order valence-electron chi connectivity index (χ3n) is 3.66. The maximum absolute atomic E-state index is 12.2. The fourth-order valence-electron chi connectivity index (χ4n) is 2.24. The van der Waals surface area contributed by atoms with E-state index in [0.29, 0.717) is 24.3 Å². The van der Waals surface area contributed by atoms with Gasteiger partial charge in [-0.25, -0.2) is 13.1 Å². The number of ketones is 1. The van der Waals surface area contributed by atoms with Gasteiger partial charge in [0.15, 0.2) is 5.78 Å². The van der Waals surface area contributed by atoms with E-state index in [9.17, 15) is 13.2 Å². The predicted molar refractivity (Wildman–Crippen MR) is 93.0 cm³/mol. The van der Waals surface area contributed by atoms with Gasteiger partial charge >= 0.3 is 0 Å². The van der Waals surface area contributed by atoms with Gasteiger partial charge in [0.2, 0.25) is 10.0 Å². The van der Waals surface area contributed by atoms with Gasteiger partial charge in [-0.3, -0.25) is 4.79 Å². The van der Waals surface area contributed by atoms with Crippen LogP contribution in [0, 0.1) is 0 Å². The molecular formula is C18H21NO4S. The molecule has 0 aliphatic rings. The van der Waals surface area contributed by atoms with Crippen molar-refractivity contribution >= 4 is 15.8 Å². The van der Waals surface area contributed by atoms with Crippen molar-refractivity contribution in [2.75, 3.05) is 13.7 Å². The second-order valence-corrected chi connectivity index (χ2v) is 7.20. The van der Waals surface area contributed by atoms with Gasteiger partial charge in [-0.2, -0.15) is 0 Å². The van der Waals surface area contributed by atoms with E-state index in [4.69, 9.17) is 4.74 Å². The molecule has 0 radical (unpaired) electrons. The maximum Gasteiger partial charge on any atom is 0.240 e. The lowest BCUT2D eigenvalue weighted by molar-refractivity contribution is 0.101. The van der Waals surface area contributed by atoms with Crippen molar-refractivity contribution in [1.29, 1.82) is 0 Å². The molecule has 128 valence electrons. The van der Waals surface area contributed by atoms with E-state index in [0.717, 1.165) is 12.0 Å². The Morgan fingerprint density at radius 3 is 2.21 bits per heavy atom. The number of carbonyl (C=O) groups excluding carboxylic acids is 1. The quantitative estimate of drug-likeness (QED) is 0.589. The predicted octanol–water partition coefficient (Wildman–Crippen LogP) is 2.81. The summed E-state index contributed by atoms with van der Waals surface area (Å²) in [5.41, 5.74) is 1.75. The van der Waals surface area contributed by atoms with Crippen LogP contribution in [-0.2, 0) is 16.4 Å². The van der Waals surface area contributed by atoms with Crippen LogP contribution in [0.5, 0.6) is 5.75 Å². The smallest absolute Gasteiger partial charge is 0.240 e. The Balaban J connectivity index is 1.85. The molecule has 0 aliphatic carbocycles. The number of sulfonamides is 1. The Morgan fingerprint density at radius 2 is 1.67 bits per heavy atom. The highest BCUT2D eigenvalue weighted by Gasteiger charge is 2.13. The molecule has 2 rings (SSSR count). The highest BCUT2D eigenvalue weighted by molar-refractivity contribution is 7.89. The minimum absolute atomic E-state index is 0.0359. The third-order valence-corrected chi connectivity index (χ3v) is 5.14. The number of aryl methyl sites for hydroxylation is 1. The number of rotatable bonds is 8.